The maximum absolute atomic E-state index is 11.8. The molecular formula is C25H40Br2N2O5. The SMILES string of the molecule is CNCCO.Cc1cc(C(=O)N(C)CCO)ccc1Br.Cc1cc(C(=O)O)ccc1Br.[2H]CC.[3H]C. The molecule has 0 saturated heterocycles. The molecule has 0 radical (unpaired) electrons. The van der Waals surface area contributed by atoms with Gasteiger partial charge in [-0.1, -0.05) is 53.1 Å². The number of nitrogens with zero attached hydrogens (tertiary/aromatic N) is 1. The minimum absolute atomic E-state index is 0.0161. The maximum Gasteiger partial charge on any atom is 0.335 e. The van der Waals surface area contributed by atoms with Crippen molar-refractivity contribution >= 4 is 43.7 Å². The van der Waals surface area contributed by atoms with E-state index in [0.717, 1.165) is 20.1 Å². The summed E-state index contributed by atoms with van der Waals surface area (Å²) in [5.41, 5.74) is 2.93. The van der Waals surface area contributed by atoms with Crippen LogP contribution >= 0.6 is 31.9 Å². The molecule has 9 heteroatoms. The highest BCUT2D eigenvalue weighted by Gasteiger charge is 2.11. The van der Waals surface area contributed by atoms with Crippen molar-refractivity contribution in [3.63, 3.8) is 0 Å². The minimum atomic E-state index is -0.888. The lowest BCUT2D eigenvalue weighted by Crippen LogP contribution is -2.29. The Labute approximate surface area is 224 Å². The fraction of sp³-hybridized carbons (Fsp3) is 0.440. The zero-order valence-electron chi connectivity index (χ0n) is 22.9. The molecule has 2 aromatic carbocycles. The van der Waals surface area contributed by atoms with Gasteiger partial charge in [0.25, 0.3) is 5.91 Å². The van der Waals surface area contributed by atoms with Gasteiger partial charge in [0.05, 0.1) is 18.8 Å². The number of carbonyl (C=O) groups is 2. The minimum Gasteiger partial charge on any atom is -0.478 e. The van der Waals surface area contributed by atoms with Crippen LogP contribution in [0.1, 0.15) is 55.8 Å². The predicted molar refractivity (Wildman–Crippen MR) is 148 cm³/mol. The second-order valence-corrected chi connectivity index (χ2v) is 8.22. The molecule has 4 N–H and O–H groups in total. The highest BCUT2D eigenvalue weighted by molar-refractivity contribution is 9.10. The fourth-order valence-corrected chi connectivity index (χ4v) is 2.63. The lowest BCUT2D eigenvalue weighted by Gasteiger charge is -2.16. The number of benzene rings is 2. The average molecular weight is 611 g/mol. The number of aliphatic hydroxyl groups excluding tert-OH is 2. The van der Waals surface area contributed by atoms with Crippen LogP contribution in [-0.4, -0.2) is 72.5 Å². The van der Waals surface area contributed by atoms with E-state index in [-0.39, 0.29) is 19.1 Å². The van der Waals surface area contributed by atoms with Gasteiger partial charge in [-0.15, -0.1) is 0 Å². The molecule has 0 unspecified atom stereocenters. The number of rotatable bonds is 6. The monoisotopic (exact) mass is 609 g/mol. The van der Waals surface area contributed by atoms with Crippen LogP contribution in [0.25, 0.3) is 0 Å². The molecular weight excluding hydrogens is 568 g/mol. The molecule has 0 aliphatic heterocycles. The second-order valence-electron chi connectivity index (χ2n) is 6.51. The summed E-state index contributed by atoms with van der Waals surface area (Å²) in [6.07, 6.45) is 0. The van der Waals surface area contributed by atoms with E-state index in [4.69, 9.17) is 18.1 Å². The van der Waals surface area contributed by atoms with Crippen molar-refractivity contribution in [3.05, 3.63) is 67.6 Å². The number of hydrogen-bond donors (Lipinski definition) is 4. The third-order valence-electron chi connectivity index (χ3n) is 3.95. The third kappa shape index (κ3) is 15.2. The van der Waals surface area contributed by atoms with Crippen LogP contribution in [0.5, 0.6) is 0 Å². The average Bonchev–Trinajstić information content (AvgIpc) is 2.85. The molecule has 0 aliphatic rings. The van der Waals surface area contributed by atoms with E-state index in [1.807, 2.05) is 26.0 Å². The summed E-state index contributed by atoms with van der Waals surface area (Å²) >= 11 is 6.67. The quantitative estimate of drug-likeness (QED) is 0.361. The third-order valence-corrected chi connectivity index (χ3v) is 5.73. The van der Waals surface area contributed by atoms with Crippen molar-refractivity contribution in [1.82, 2.24) is 10.2 Å². The molecule has 1 amide bonds. The Morgan fingerprint density at radius 1 is 1.06 bits per heavy atom. The topological polar surface area (TPSA) is 110 Å². The Kier molecular flexibility index (Phi) is 20.6. The van der Waals surface area contributed by atoms with E-state index in [1.54, 1.807) is 45.3 Å². The first-order chi connectivity index (χ1) is 17.0. The van der Waals surface area contributed by atoms with Crippen LogP contribution in [0.4, 0.5) is 0 Å². The number of likely N-dealkylation sites (N-methyl/N-ethyl adjacent to an activating group) is 2. The fourth-order valence-electron chi connectivity index (χ4n) is 2.14. The molecule has 0 bridgehead atoms. The number of amides is 1. The molecule has 0 heterocycles. The van der Waals surface area contributed by atoms with Crippen LogP contribution in [0.2, 0.25) is 0 Å². The van der Waals surface area contributed by atoms with E-state index >= 15 is 0 Å². The summed E-state index contributed by atoms with van der Waals surface area (Å²) in [6.45, 7) is 7.35. The second kappa shape index (κ2) is 21.7. The summed E-state index contributed by atoms with van der Waals surface area (Å²) in [4.78, 5) is 23.7. The van der Waals surface area contributed by atoms with Gasteiger partial charge in [0.2, 0.25) is 0 Å². The van der Waals surface area contributed by atoms with Crippen LogP contribution in [0.3, 0.4) is 0 Å². The van der Waals surface area contributed by atoms with Crippen LogP contribution in [0, 0.1) is 13.8 Å². The molecule has 2 aromatic rings. The molecule has 2 rings (SSSR count). The van der Waals surface area contributed by atoms with E-state index in [1.165, 1.54) is 12.3 Å². The van der Waals surface area contributed by atoms with Gasteiger partial charge in [0.15, 0.2) is 0 Å². The van der Waals surface area contributed by atoms with Crippen molar-refractivity contribution in [1.29, 1.82) is 0 Å². The van der Waals surface area contributed by atoms with Gasteiger partial charge < -0.3 is 25.5 Å². The first-order valence-electron chi connectivity index (χ1n) is 11.9. The zero-order valence-corrected chi connectivity index (χ0v) is 24.0. The number of halogens is 2. The van der Waals surface area contributed by atoms with Gasteiger partial charge in [0.1, 0.15) is 0 Å². The van der Waals surface area contributed by atoms with Crippen molar-refractivity contribution in [2.45, 2.75) is 35.1 Å². The van der Waals surface area contributed by atoms with E-state index < -0.39 is 5.97 Å². The van der Waals surface area contributed by atoms with Crippen LogP contribution in [0.15, 0.2) is 45.3 Å². The van der Waals surface area contributed by atoms with Crippen molar-refractivity contribution in [2.24, 2.45) is 0 Å². The van der Waals surface area contributed by atoms with E-state index in [9.17, 15) is 9.59 Å². The number of aliphatic hydroxyl groups is 2. The van der Waals surface area contributed by atoms with E-state index in [2.05, 4.69) is 37.2 Å². The van der Waals surface area contributed by atoms with Gasteiger partial charge in [-0.05, 0) is 68.4 Å². The number of nitrogens with one attached hydrogen (secondary N) is 1. The molecule has 0 fully saturated rings. The number of carboxylic acid groups (broad SMARTS) is 1. The molecule has 0 aromatic heterocycles. The predicted octanol–water partition coefficient (Wildman–Crippen LogP) is 5.14. The Hall–Kier alpha value is -1.78. The molecule has 34 heavy (non-hydrogen) atoms. The van der Waals surface area contributed by atoms with Gasteiger partial charge >= 0.3 is 5.97 Å². The molecule has 194 valence electrons. The van der Waals surface area contributed by atoms with Crippen molar-refractivity contribution in [2.75, 3.05) is 40.4 Å². The lowest BCUT2D eigenvalue weighted by molar-refractivity contribution is 0.0696. The highest BCUT2D eigenvalue weighted by Crippen LogP contribution is 2.18. The smallest absolute Gasteiger partial charge is 0.335 e. The molecule has 0 atom stereocenters. The molecule has 7 nitrogen and oxygen atoms in total. The number of aryl methyl sites for hydroxylation is 2. The maximum atomic E-state index is 11.8. The molecule has 0 aliphatic carbocycles. The van der Waals surface area contributed by atoms with Gasteiger partial charge in [-0.2, -0.15) is 0 Å². The summed E-state index contributed by atoms with van der Waals surface area (Å²) in [5, 5.41) is 28.1. The number of aromatic carboxylic acids is 1. The normalized spacial score (nSPS) is 9.59. The molecule has 0 spiro atoms. The highest BCUT2D eigenvalue weighted by atomic mass is 79.9. The zero-order chi connectivity index (χ0) is 28.7. The van der Waals surface area contributed by atoms with Gasteiger partial charge in [-0.3, -0.25) is 4.79 Å². The molecule has 0 saturated carbocycles. The largest absolute Gasteiger partial charge is 0.478 e. The Morgan fingerprint density at radius 3 is 1.82 bits per heavy atom. The summed E-state index contributed by atoms with van der Waals surface area (Å²) in [7, 11) is 4.73. The van der Waals surface area contributed by atoms with Crippen molar-refractivity contribution in [3.8, 4) is 0 Å². The Morgan fingerprint density at radius 2 is 1.50 bits per heavy atom. The van der Waals surface area contributed by atoms with Crippen molar-refractivity contribution < 1.29 is 27.7 Å². The lowest BCUT2D eigenvalue weighted by atomic mass is 10.1. The van der Waals surface area contributed by atoms with Crippen LogP contribution < -0.4 is 5.32 Å². The van der Waals surface area contributed by atoms with Gasteiger partial charge in [0, 0.05) is 37.4 Å². The first kappa shape index (κ1) is 32.2. The summed E-state index contributed by atoms with van der Waals surface area (Å²) in [6, 6.07) is 10.4. The number of carboxylic acids is 1. The number of carbonyl (C=O) groups excluding carboxylic acids is 1. The summed E-state index contributed by atoms with van der Waals surface area (Å²) in [5.74, 6) is -0.958. The van der Waals surface area contributed by atoms with Gasteiger partial charge in [-0.25, -0.2) is 4.79 Å². The van der Waals surface area contributed by atoms with Crippen LogP contribution in [-0.2, 0) is 0 Å². The number of hydrogen-bond acceptors (Lipinski definition) is 5. The standard InChI is InChI=1S/C11H14BrNO2.C8H7BrO2.C3H9NO.C2H6.CH4/c1-8-7-9(3-4-10(8)12)11(15)13(2)5-6-14;1-5-4-6(8(10)11)2-3-7(5)9;1-4-2-3-5;1-2;/h3-4,7,14H,5-6H2,1-2H3;2-4H,1H3,(H,10,11);4-5H,2-3H2,1H3;1-2H3;1H4/i;;;1D;1T. The first-order valence-corrected chi connectivity index (χ1v) is 11.8. The Balaban J connectivity index is -0.000000453. The summed E-state index contributed by atoms with van der Waals surface area (Å²) < 4.78 is 13.9. The van der Waals surface area contributed by atoms with E-state index in [0.29, 0.717) is 31.1 Å². The Bertz CT molecular complexity index is 872.